The van der Waals surface area contributed by atoms with Crippen molar-refractivity contribution in [3.05, 3.63) is 71.5 Å². The molecule has 0 radical (unpaired) electrons. The number of cyclic esters (lactones) is 1. The third-order valence-corrected chi connectivity index (χ3v) is 8.95. The molecule has 2 unspecified atom stereocenters. The van der Waals surface area contributed by atoms with Crippen LogP contribution in [0.3, 0.4) is 0 Å². The molecule has 0 spiro atoms. The summed E-state index contributed by atoms with van der Waals surface area (Å²) in [7, 11) is 2.94. The Morgan fingerprint density at radius 3 is 2.61 bits per heavy atom. The van der Waals surface area contributed by atoms with Crippen LogP contribution in [-0.4, -0.2) is 77.5 Å². The Bertz CT molecular complexity index is 1320. The van der Waals surface area contributed by atoms with E-state index in [-0.39, 0.29) is 42.7 Å². The molecule has 0 saturated carbocycles. The molecule has 1 aromatic rings. The van der Waals surface area contributed by atoms with Gasteiger partial charge < -0.3 is 33.6 Å². The molecule has 2 aliphatic rings. The molecule has 0 amide bonds. The van der Waals surface area contributed by atoms with Crippen molar-refractivity contribution in [3.63, 3.8) is 0 Å². The average Bonchev–Trinajstić information content (AvgIpc) is 3.51. The summed E-state index contributed by atoms with van der Waals surface area (Å²) in [6, 6.07) is 0. The normalized spacial score (nSPS) is 32.7. The van der Waals surface area contributed by atoms with E-state index in [4.69, 9.17) is 23.4 Å². The first-order valence-electron chi connectivity index (χ1n) is 15.9. The van der Waals surface area contributed by atoms with Crippen LogP contribution in [0.15, 0.2) is 64.4 Å². The Morgan fingerprint density at radius 1 is 1.22 bits per heavy atom. The van der Waals surface area contributed by atoms with Crippen LogP contribution in [0.1, 0.15) is 71.9 Å². The quantitative estimate of drug-likeness (QED) is 0.155. The number of aliphatic hydroxyl groups is 2. The van der Waals surface area contributed by atoms with Gasteiger partial charge in [0, 0.05) is 44.8 Å². The number of ether oxygens (including phenoxy) is 4. The number of rotatable bonds is 9. The molecule has 2 N–H and O–H groups in total. The molecule has 3 heterocycles. The Balaban J connectivity index is 1.82. The van der Waals surface area contributed by atoms with Gasteiger partial charge in [0.25, 0.3) is 0 Å². The largest absolute Gasteiger partial charge is 0.469 e. The van der Waals surface area contributed by atoms with Gasteiger partial charge in [-0.25, -0.2) is 9.78 Å². The first-order valence-corrected chi connectivity index (χ1v) is 15.9. The number of aryl methyl sites for hydroxylation is 1. The highest BCUT2D eigenvalue weighted by Crippen LogP contribution is 2.43. The highest BCUT2D eigenvalue weighted by Gasteiger charge is 2.57. The predicted octanol–water partition coefficient (Wildman–Crippen LogP) is 5.44. The zero-order valence-corrected chi connectivity index (χ0v) is 28.3. The molecule has 0 bridgehead atoms. The summed E-state index contributed by atoms with van der Waals surface area (Å²) in [5.41, 5.74) is 1.78. The summed E-state index contributed by atoms with van der Waals surface area (Å²) in [4.78, 5) is 29.4. The zero-order valence-electron chi connectivity index (χ0n) is 28.3. The van der Waals surface area contributed by atoms with Crippen molar-refractivity contribution < 1.29 is 43.2 Å². The number of allylic oxidation sites excluding steroid dienone is 5. The van der Waals surface area contributed by atoms with Crippen molar-refractivity contribution in [2.45, 2.75) is 103 Å². The summed E-state index contributed by atoms with van der Waals surface area (Å²) < 4.78 is 27.9. The van der Waals surface area contributed by atoms with E-state index in [1.807, 2.05) is 71.1 Å². The molecule has 1 aromatic heterocycles. The smallest absolute Gasteiger partial charge is 0.330 e. The lowest BCUT2D eigenvalue weighted by Gasteiger charge is -2.32. The van der Waals surface area contributed by atoms with E-state index in [0.717, 1.165) is 16.8 Å². The van der Waals surface area contributed by atoms with E-state index < -0.39 is 36.0 Å². The van der Waals surface area contributed by atoms with Crippen LogP contribution in [0, 0.1) is 24.7 Å². The molecule has 254 valence electrons. The van der Waals surface area contributed by atoms with Crippen LogP contribution < -0.4 is 0 Å². The third-order valence-electron chi connectivity index (χ3n) is 8.95. The number of fused-ring (bicyclic) bond motifs is 1. The van der Waals surface area contributed by atoms with Gasteiger partial charge in [-0.05, 0) is 56.8 Å². The standard InChI is InChI=1S/C36H51NO9/c1-22(17-28-21-44-26(5)37-28)11-9-12-24(3)35(43-8)25(4)30-20-31(39)36(6)32(46-36)16-15-23(2)29(38)18-27(19-34(41)42-7)13-10-14-33(40)45-30/h9-12,14-17,21,23,25,27,29-32,35,38-39H,13,18-20H2,1-8H3/b11-9+,14-10+,16-15+,22-17-,24-12+/t23-,25+,27-,29-,30?,31+,32-,35+,36?/m1/s1. The van der Waals surface area contributed by atoms with Crippen molar-refractivity contribution in [2.24, 2.45) is 17.8 Å². The summed E-state index contributed by atoms with van der Waals surface area (Å²) >= 11 is 0. The first kappa shape index (κ1) is 37.2. The van der Waals surface area contributed by atoms with E-state index in [2.05, 4.69) is 4.98 Å². The van der Waals surface area contributed by atoms with Gasteiger partial charge in [0.2, 0.25) is 0 Å². The molecule has 10 nitrogen and oxygen atoms in total. The second kappa shape index (κ2) is 17.0. The lowest BCUT2D eigenvalue weighted by atomic mass is 9.85. The molecular formula is C36H51NO9. The number of aliphatic hydroxyl groups excluding tert-OH is 2. The number of hydrogen-bond donors (Lipinski definition) is 2. The van der Waals surface area contributed by atoms with Gasteiger partial charge in [0.1, 0.15) is 29.8 Å². The minimum atomic E-state index is -0.932. The fourth-order valence-electron chi connectivity index (χ4n) is 5.83. The number of epoxide rings is 1. The number of hydrogen-bond acceptors (Lipinski definition) is 10. The number of carbonyl (C=O) groups excluding carboxylic acids is 2. The highest BCUT2D eigenvalue weighted by atomic mass is 16.6. The van der Waals surface area contributed by atoms with E-state index in [9.17, 15) is 19.8 Å². The highest BCUT2D eigenvalue weighted by molar-refractivity contribution is 5.82. The molecule has 0 aliphatic carbocycles. The molecule has 0 aromatic carbocycles. The van der Waals surface area contributed by atoms with Crippen molar-refractivity contribution >= 4 is 18.0 Å². The second-order valence-electron chi connectivity index (χ2n) is 12.7. The summed E-state index contributed by atoms with van der Waals surface area (Å²) in [5, 5.41) is 22.2. The predicted molar refractivity (Wildman–Crippen MR) is 174 cm³/mol. The molecule has 10 heteroatoms. The molecule has 9 atom stereocenters. The van der Waals surface area contributed by atoms with Crippen molar-refractivity contribution in [1.82, 2.24) is 4.98 Å². The first-order chi connectivity index (χ1) is 21.8. The van der Waals surface area contributed by atoms with Crippen LogP contribution in [0.25, 0.3) is 6.08 Å². The van der Waals surface area contributed by atoms with Gasteiger partial charge in [-0.15, -0.1) is 0 Å². The third kappa shape index (κ3) is 10.6. The molecule has 3 rings (SSSR count). The molecule has 1 saturated heterocycles. The van der Waals surface area contributed by atoms with Gasteiger partial charge in [-0.1, -0.05) is 50.3 Å². The Hall–Kier alpha value is -3.31. The molecular weight excluding hydrogens is 590 g/mol. The SMILES string of the molecule is COC(=O)C[C@@H]1C/C=C/C(=O)OC([C@H](C)[C@@H](OC)/C(C)=C/C=C/C(C)=C\c2coc(C)n2)C[C@H](O)C2(C)O[C@@H]2/C=C/[C@@H](C)[C@H](O)C1. The topological polar surface area (TPSA) is 141 Å². The average molecular weight is 642 g/mol. The van der Waals surface area contributed by atoms with Crippen molar-refractivity contribution in [1.29, 1.82) is 0 Å². The van der Waals surface area contributed by atoms with E-state index in [1.165, 1.54) is 13.2 Å². The molecule has 46 heavy (non-hydrogen) atoms. The number of aromatic nitrogens is 1. The number of nitrogens with zero attached hydrogens (tertiary/aromatic N) is 1. The van der Waals surface area contributed by atoms with Gasteiger partial charge >= 0.3 is 11.9 Å². The Kier molecular flexibility index (Phi) is 13.7. The lowest BCUT2D eigenvalue weighted by Crippen LogP contribution is -2.41. The Labute approximate surface area is 272 Å². The van der Waals surface area contributed by atoms with Crippen LogP contribution in [-0.2, 0) is 28.5 Å². The van der Waals surface area contributed by atoms with Gasteiger partial charge in [0.05, 0.1) is 25.4 Å². The maximum absolute atomic E-state index is 13.1. The van der Waals surface area contributed by atoms with Gasteiger partial charge in [0.15, 0.2) is 5.89 Å². The maximum atomic E-state index is 13.1. The van der Waals surface area contributed by atoms with Gasteiger partial charge in [-0.3, -0.25) is 4.79 Å². The monoisotopic (exact) mass is 641 g/mol. The second-order valence-corrected chi connectivity index (χ2v) is 12.7. The number of oxazole rings is 1. The van der Waals surface area contributed by atoms with Crippen LogP contribution in [0.2, 0.25) is 0 Å². The minimum Gasteiger partial charge on any atom is -0.469 e. The Morgan fingerprint density at radius 2 is 1.96 bits per heavy atom. The van der Waals surface area contributed by atoms with Gasteiger partial charge in [-0.2, -0.15) is 0 Å². The number of carbonyl (C=O) groups is 2. The molecule has 2 aliphatic heterocycles. The summed E-state index contributed by atoms with van der Waals surface area (Å²) in [5.74, 6) is -1.11. The van der Waals surface area contributed by atoms with E-state index in [0.29, 0.717) is 18.7 Å². The number of esters is 2. The van der Waals surface area contributed by atoms with Crippen LogP contribution >= 0.6 is 0 Å². The fraction of sp³-hybridized carbons (Fsp3) is 0.583. The number of methoxy groups -OCH3 is 2. The maximum Gasteiger partial charge on any atom is 0.330 e. The zero-order chi connectivity index (χ0) is 34.0. The lowest BCUT2D eigenvalue weighted by molar-refractivity contribution is -0.150. The fourth-order valence-corrected chi connectivity index (χ4v) is 5.83. The van der Waals surface area contributed by atoms with E-state index in [1.54, 1.807) is 26.4 Å². The molecule has 1 fully saturated rings. The van der Waals surface area contributed by atoms with E-state index >= 15 is 0 Å². The van der Waals surface area contributed by atoms with Crippen LogP contribution in [0.5, 0.6) is 0 Å². The van der Waals surface area contributed by atoms with Crippen molar-refractivity contribution in [2.75, 3.05) is 14.2 Å². The summed E-state index contributed by atoms with van der Waals surface area (Å²) in [6.45, 7) is 11.4. The summed E-state index contributed by atoms with van der Waals surface area (Å²) in [6.07, 6.45) is 14.0. The van der Waals surface area contributed by atoms with Crippen LogP contribution in [0.4, 0.5) is 0 Å². The minimum absolute atomic E-state index is 0.115. The van der Waals surface area contributed by atoms with Crippen molar-refractivity contribution in [3.8, 4) is 0 Å².